The van der Waals surface area contributed by atoms with Crippen molar-refractivity contribution in [3.05, 3.63) is 111 Å². The molecule has 3 aromatic carbocycles. The van der Waals surface area contributed by atoms with Crippen LogP contribution in [0.25, 0.3) is 11.0 Å². The molecule has 6 heterocycles. The molecular formula is C45H49ClN8O8S. The van der Waals surface area contributed by atoms with E-state index in [0.29, 0.717) is 55.8 Å². The number of hydrogen-bond donors (Lipinski definition) is 4. The Morgan fingerprint density at radius 1 is 0.984 bits per heavy atom. The van der Waals surface area contributed by atoms with Gasteiger partial charge in [0.15, 0.2) is 0 Å². The second-order valence-electron chi connectivity index (χ2n) is 16.9. The fourth-order valence-corrected chi connectivity index (χ4v) is 10.7. The van der Waals surface area contributed by atoms with E-state index in [1.165, 1.54) is 24.4 Å². The lowest BCUT2D eigenvalue weighted by molar-refractivity contribution is -0.384. The van der Waals surface area contributed by atoms with Crippen LogP contribution in [0.5, 0.6) is 11.5 Å². The summed E-state index contributed by atoms with van der Waals surface area (Å²) in [5.41, 5.74) is 1.83. The zero-order valence-corrected chi connectivity index (χ0v) is 36.1. The third-order valence-corrected chi connectivity index (χ3v) is 14.7. The zero-order chi connectivity index (χ0) is 43.7. The molecule has 0 saturated carbocycles. The molecule has 4 N–H and O–H groups in total. The summed E-state index contributed by atoms with van der Waals surface area (Å²) in [5, 5.41) is 20.0. The van der Waals surface area contributed by atoms with Crippen molar-refractivity contribution in [3.8, 4) is 11.5 Å². The van der Waals surface area contributed by atoms with Gasteiger partial charge >= 0.3 is 0 Å². The molecule has 2 amide bonds. The summed E-state index contributed by atoms with van der Waals surface area (Å²) in [7, 11) is -4.58. The number of hydrogen-bond acceptors (Lipinski definition) is 12. The van der Waals surface area contributed by atoms with Crippen LogP contribution >= 0.6 is 11.6 Å². The van der Waals surface area contributed by atoms with E-state index >= 15 is 0 Å². The van der Waals surface area contributed by atoms with Crippen molar-refractivity contribution in [2.75, 3.05) is 62.7 Å². The number of H-pyrrole nitrogens is 1. The summed E-state index contributed by atoms with van der Waals surface area (Å²) >= 11 is 6.25. The molecule has 4 aliphatic heterocycles. The summed E-state index contributed by atoms with van der Waals surface area (Å²) in [6.45, 7) is 5.36. The SMILES string of the molecule is O=C(NS(=O)(=O)c1ccc(NCC2CCOCC2)c([N+](=O)[O-])c1)c1ccc(N2CCC(CN3C(=O)C4(CCNCC4)C3c3ccc(Cl)cc3)CC2)cc1Oc1cnc2[nH]ccc2c1. The first-order valence-corrected chi connectivity index (χ1v) is 23.3. The number of anilines is 2. The lowest BCUT2D eigenvalue weighted by Gasteiger charge is -2.59. The van der Waals surface area contributed by atoms with Gasteiger partial charge in [-0.1, -0.05) is 23.7 Å². The Hall–Kier alpha value is -5.75. The average molecular weight is 897 g/mol. The second kappa shape index (κ2) is 17.8. The molecule has 9 rings (SSSR count). The molecule has 2 aromatic heterocycles. The molecule has 1 spiro atoms. The molecule has 4 saturated heterocycles. The molecule has 18 heteroatoms. The Balaban J connectivity index is 0.917. The predicted molar refractivity (Wildman–Crippen MR) is 238 cm³/mol. The van der Waals surface area contributed by atoms with E-state index in [1.54, 1.807) is 24.4 Å². The van der Waals surface area contributed by atoms with Crippen molar-refractivity contribution in [1.82, 2.24) is 24.9 Å². The maximum absolute atomic E-state index is 13.9. The summed E-state index contributed by atoms with van der Waals surface area (Å²) in [6, 6.07) is 20.0. The number of likely N-dealkylation sites (tertiary alicyclic amines) is 1. The number of pyridine rings is 1. The molecule has 0 aliphatic carbocycles. The van der Waals surface area contributed by atoms with Crippen LogP contribution in [0.1, 0.15) is 60.5 Å². The van der Waals surface area contributed by atoms with E-state index in [0.717, 1.165) is 74.3 Å². The number of nitro groups is 1. The van der Waals surface area contributed by atoms with Gasteiger partial charge < -0.3 is 34.9 Å². The van der Waals surface area contributed by atoms with E-state index < -0.39 is 36.9 Å². The highest BCUT2D eigenvalue weighted by Crippen LogP contribution is 2.55. The van der Waals surface area contributed by atoms with Crippen LogP contribution in [-0.4, -0.2) is 92.5 Å². The Labute approximate surface area is 369 Å². The van der Waals surface area contributed by atoms with Crippen LogP contribution in [0.3, 0.4) is 0 Å². The van der Waals surface area contributed by atoms with Crippen LogP contribution in [0.4, 0.5) is 17.1 Å². The predicted octanol–water partition coefficient (Wildman–Crippen LogP) is 7.04. The number of amides is 2. The van der Waals surface area contributed by atoms with Crippen LogP contribution in [-0.2, 0) is 19.6 Å². The highest BCUT2D eigenvalue weighted by Gasteiger charge is 2.60. The number of carbonyl (C=O) groups is 2. The van der Waals surface area contributed by atoms with Gasteiger partial charge in [-0.05, 0) is 118 Å². The van der Waals surface area contributed by atoms with E-state index in [4.69, 9.17) is 21.1 Å². The highest BCUT2D eigenvalue weighted by atomic mass is 35.5. The molecule has 330 valence electrons. The van der Waals surface area contributed by atoms with Gasteiger partial charge in [0.25, 0.3) is 21.6 Å². The minimum Gasteiger partial charge on any atom is -0.455 e. The van der Waals surface area contributed by atoms with Crippen LogP contribution in [0.2, 0.25) is 5.02 Å². The van der Waals surface area contributed by atoms with E-state index in [-0.39, 0.29) is 40.8 Å². The largest absolute Gasteiger partial charge is 0.455 e. The molecule has 63 heavy (non-hydrogen) atoms. The van der Waals surface area contributed by atoms with Gasteiger partial charge in [-0.25, -0.2) is 18.1 Å². The summed E-state index contributed by atoms with van der Waals surface area (Å²) < 4.78 is 41.2. The molecule has 16 nitrogen and oxygen atoms in total. The molecule has 1 unspecified atom stereocenters. The smallest absolute Gasteiger partial charge is 0.293 e. The van der Waals surface area contributed by atoms with Crippen molar-refractivity contribution < 1.29 is 32.4 Å². The van der Waals surface area contributed by atoms with Crippen molar-refractivity contribution in [2.45, 2.75) is 49.5 Å². The van der Waals surface area contributed by atoms with E-state index in [2.05, 4.69) is 35.1 Å². The third kappa shape index (κ3) is 8.79. The summed E-state index contributed by atoms with van der Waals surface area (Å²) in [5.74, 6) is 0.218. The number of carbonyl (C=O) groups excluding carboxylic acids is 2. The van der Waals surface area contributed by atoms with Crippen molar-refractivity contribution >= 4 is 61.5 Å². The highest BCUT2D eigenvalue weighted by molar-refractivity contribution is 7.90. The molecule has 4 aliphatic rings. The first kappa shape index (κ1) is 42.5. The average Bonchev–Trinajstić information content (AvgIpc) is 3.77. The van der Waals surface area contributed by atoms with Crippen molar-refractivity contribution in [2.24, 2.45) is 17.3 Å². The van der Waals surface area contributed by atoms with Gasteiger partial charge in [0.05, 0.1) is 33.0 Å². The fourth-order valence-electron chi connectivity index (χ4n) is 9.60. The van der Waals surface area contributed by atoms with Gasteiger partial charge in [0.2, 0.25) is 5.91 Å². The summed E-state index contributed by atoms with van der Waals surface area (Å²) in [6.07, 6.45) is 8.14. The van der Waals surface area contributed by atoms with Crippen LogP contribution in [0.15, 0.2) is 90.1 Å². The second-order valence-corrected chi connectivity index (χ2v) is 19.0. The number of ether oxygens (including phenoxy) is 2. The number of halogens is 1. The topological polar surface area (TPSA) is 201 Å². The number of aromatic nitrogens is 2. The first-order chi connectivity index (χ1) is 30.5. The lowest BCUT2D eigenvalue weighted by Crippen LogP contribution is -2.66. The van der Waals surface area contributed by atoms with Gasteiger partial charge in [0.1, 0.15) is 22.8 Å². The van der Waals surface area contributed by atoms with Gasteiger partial charge in [-0.15, -0.1) is 0 Å². The number of nitrogens with one attached hydrogen (secondary N) is 4. The number of fused-ring (bicyclic) bond motifs is 1. The first-order valence-electron chi connectivity index (χ1n) is 21.4. The molecule has 0 radical (unpaired) electrons. The van der Waals surface area contributed by atoms with E-state index in [9.17, 15) is 28.1 Å². The van der Waals surface area contributed by atoms with Gasteiger partial charge in [0, 0.05) is 73.8 Å². The third-order valence-electron chi connectivity index (χ3n) is 13.1. The maximum Gasteiger partial charge on any atom is 0.293 e. The molecule has 5 aromatic rings. The van der Waals surface area contributed by atoms with E-state index in [1.807, 2.05) is 30.3 Å². The quantitative estimate of drug-likeness (QED) is 0.0535. The number of nitrogens with zero attached hydrogens (tertiary/aromatic N) is 4. The monoisotopic (exact) mass is 896 g/mol. The fraction of sp³-hybridized carbons (Fsp3) is 0.400. The minimum absolute atomic E-state index is 0.00304. The van der Waals surface area contributed by atoms with Crippen LogP contribution < -0.4 is 25.0 Å². The lowest BCUT2D eigenvalue weighted by atomic mass is 9.62. The molecule has 0 bridgehead atoms. The number of benzene rings is 3. The van der Waals surface area contributed by atoms with Gasteiger partial charge in [-0.2, -0.15) is 0 Å². The Morgan fingerprint density at radius 2 is 1.75 bits per heavy atom. The van der Waals surface area contributed by atoms with Crippen molar-refractivity contribution in [1.29, 1.82) is 0 Å². The Morgan fingerprint density at radius 3 is 2.49 bits per heavy atom. The normalized spacial score (nSPS) is 19.5. The standard InChI is InChI=1S/C45H49ClN8O8S/c46-33-3-1-31(2-4-33)41-45(14-17-47-18-15-45)44(56)53(41)28-30-10-19-52(20-11-30)34-5-7-37(40(24-34)62-35-23-32-9-16-48-42(32)50-27-35)43(55)51-63(59,60)36-6-8-38(39(25-36)54(57)58)49-26-29-12-21-61-22-13-29/h1-9,16,23-25,27,29-30,41,47,49H,10-15,17-22,26,28H2,(H,48,50)(H,51,55). The number of β-lactam (4-membered cyclic amide) rings is 1. The Bertz CT molecular complexity index is 2620. The Kier molecular flexibility index (Phi) is 12.0. The maximum atomic E-state index is 13.9. The van der Waals surface area contributed by atoms with Crippen LogP contribution in [0, 0.1) is 27.4 Å². The number of sulfonamides is 1. The van der Waals surface area contributed by atoms with Crippen molar-refractivity contribution in [3.63, 3.8) is 0 Å². The number of rotatable bonds is 13. The molecule has 1 atom stereocenters. The number of piperidine rings is 2. The summed E-state index contributed by atoms with van der Waals surface area (Å²) in [4.78, 5) is 50.5. The minimum atomic E-state index is -4.58. The zero-order valence-electron chi connectivity index (χ0n) is 34.6. The number of aromatic amines is 1. The molecular weight excluding hydrogens is 848 g/mol. The number of nitro benzene ring substituents is 1. The molecule has 4 fully saturated rings. The van der Waals surface area contributed by atoms with Gasteiger partial charge in [-0.3, -0.25) is 19.7 Å².